The number of rotatable bonds is 10. The number of cyclic esters (lactones) is 1. The highest BCUT2D eigenvalue weighted by atomic mass is 19.4. The molecule has 0 radical (unpaired) electrons. The minimum Gasteiger partial charge on any atom is -0.493 e. The van der Waals surface area contributed by atoms with Gasteiger partial charge in [0.05, 0.1) is 30.8 Å². The first-order valence-corrected chi connectivity index (χ1v) is 9.77. The molecule has 0 aromatic heterocycles. The van der Waals surface area contributed by atoms with Gasteiger partial charge in [0.15, 0.2) is 0 Å². The number of alkyl halides is 3. The van der Waals surface area contributed by atoms with Gasteiger partial charge in [-0.3, -0.25) is 4.79 Å². The molecule has 1 fully saturated rings. The Hall–Kier alpha value is -1.80. The van der Waals surface area contributed by atoms with E-state index in [-0.39, 0.29) is 49.0 Å². The molecule has 1 unspecified atom stereocenters. The van der Waals surface area contributed by atoms with Gasteiger partial charge in [-0.25, -0.2) is 0 Å². The third kappa shape index (κ3) is 6.60. The zero-order valence-electron chi connectivity index (χ0n) is 17.3. The number of methoxy groups -OCH3 is 1. The van der Waals surface area contributed by atoms with Crippen LogP contribution in [0.5, 0.6) is 5.75 Å². The SMILES string of the molecule is COCCCOc1cc(CO[C@H](C)C2C[C@@H](C(C)C)C(=O)O2)ccc1C(F)(F)F. The van der Waals surface area contributed by atoms with E-state index in [1.807, 2.05) is 13.8 Å². The molecule has 0 spiro atoms. The summed E-state index contributed by atoms with van der Waals surface area (Å²) < 4.78 is 61.1. The largest absolute Gasteiger partial charge is 0.493 e. The van der Waals surface area contributed by atoms with E-state index in [4.69, 9.17) is 18.9 Å². The van der Waals surface area contributed by atoms with Gasteiger partial charge >= 0.3 is 12.1 Å². The van der Waals surface area contributed by atoms with Gasteiger partial charge in [0.2, 0.25) is 0 Å². The molecule has 8 heteroatoms. The highest BCUT2D eigenvalue weighted by Crippen LogP contribution is 2.37. The van der Waals surface area contributed by atoms with Crippen LogP contribution in [0.1, 0.15) is 44.7 Å². The zero-order chi connectivity index (χ0) is 21.6. The van der Waals surface area contributed by atoms with Gasteiger partial charge in [-0.1, -0.05) is 19.9 Å². The summed E-state index contributed by atoms with van der Waals surface area (Å²) in [5, 5.41) is 0. The first kappa shape index (κ1) is 23.5. The summed E-state index contributed by atoms with van der Waals surface area (Å²) in [5.41, 5.74) is -0.271. The summed E-state index contributed by atoms with van der Waals surface area (Å²) in [6, 6.07) is 3.72. The van der Waals surface area contributed by atoms with Crippen molar-refractivity contribution in [1.82, 2.24) is 0 Å². The molecule has 0 amide bonds. The molecule has 3 atom stereocenters. The van der Waals surface area contributed by atoms with E-state index in [1.54, 1.807) is 6.92 Å². The monoisotopic (exact) mass is 418 g/mol. The topological polar surface area (TPSA) is 54.0 Å². The van der Waals surface area contributed by atoms with Crippen LogP contribution < -0.4 is 4.74 Å². The van der Waals surface area contributed by atoms with E-state index in [2.05, 4.69) is 0 Å². The quantitative estimate of drug-likeness (QED) is 0.410. The van der Waals surface area contributed by atoms with E-state index >= 15 is 0 Å². The third-order valence-corrected chi connectivity index (χ3v) is 5.00. The molecular weight excluding hydrogens is 389 g/mol. The fraction of sp³-hybridized carbons (Fsp3) is 0.667. The van der Waals surface area contributed by atoms with Gasteiger partial charge in [0, 0.05) is 26.6 Å². The lowest BCUT2D eigenvalue weighted by molar-refractivity contribution is -0.150. The van der Waals surface area contributed by atoms with Crippen molar-refractivity contribution in [2.75, 3.05) is 20.3 Å². The number of carbonyl (C=O) groups excluding carboxylic acids is 1. The van der Waals surface area contributed by atoms with Crippen LogP contribution >= 0.6 is 0 Å². The first-order chi connectivity index (χ1) is 13.6. The van der Waals surface area contributed by atoms with Gasteiger partial charge in [0.25, 0.3) is 0 Å². The second kappa shape index (κ2) is 10.3. The fourth-order valence-electron chi connectivity index (χ4n) is 3.19. The predicted molar refractivity (Wildman–Crippen MR) is 101 cm³/mol. The minimum absolute atomic E-state index is 0.0914. The summed E-state index contributed by atoms with van der Waals surface area (Å²) in [6.07, 6.45) is -4.16. The van der Waals surface area contributed by atoms with Crippen molar-refractivity contribution in [2.45, 2.75) is 58.6 Å². The second-order valence-electron chi connectivity index (χ2n) is 7.60. The normalized spacial score (nSPS) is 20.8. The predicted octanol–water partition coefficient (Wildman–Crippen LogP) is 4.61. The molecule has 164 valence electrons. The molecule has 1 heterocycles. The van der Waals surface area contributed by atoms with Crippen molar-refractivity contribution in [2.24, 2.45) is 11.8 Å². The highest BCUT2D eigenvalue weighted by Gasteiger charge is 2.39. The van der Waals surface area contributed by atoms with E-state index in [1.165, 1.54) is 19.2 Å². The Morgan fingerprint density at radius 3 is 2.52 bits per heavy atom. The van der Waals surface area contributed by atoms with Crippen LogP contribution in [0.4, 0.5) is 13.2 Å². The van der Waals surface area contributed by atoms with Gasteiger partial charge in [0.1, 0.15) is 11.9 Å². The Labute approximate surface area is 169 Å². The molecule has 0 N–H and O–H groups in total. The maximum absolute atomic E-state index is 13.2. The second-order valence-corrected chi connectivity index (χ2v) is 7.60. The van der Waals surface area contributed by atoms with Crippen molar-refractivity contribution in [1.29, 1.82) is 0 Å². The smallest absolute Gasteiger partial charge is 0.419 e. The summed E-state index contributed by atoms with van der Waals surface area (Å²) in [7, 11) is 1.52. The Morgan fingerprint density at radius 1 is 1.21 bits per heavy atom. The Balaban J connectivity index is 2.00. The number of esters is 1. The molecule has 1 aliphatic rings. The number of carbonyl (C=O) groups is 1. The lowest BCUT2D eigenvalue weighted by atomic mass is 9.92. The van der Waals surface area contributed by atoms with Crippen LogP contribution in [0.25, 0.3) is 0 Å². The summed E-state index contributed by atoms with van der Waals surface area (Å²) >= 11 is 0. The number of ether oxygens (including phenoxy) is 4. The molecule has 1 aromatic rings. The Kier molecular flexibility index (Phi) is 8.34. The molecule has 1 aliphatic heterocycles. The average Bonchev–Trinajstić information content (AvgIpc) is 3.04. The van der Waals surface area contributed by atoms with Crippen LogP contribution in [-0.4, -0.2) is 38.5 Å². The van der Waals surface area contributed by atoms with E-state index in [0.29, 0.717) is 25.0 Å². The maximum atomic E-state index is 13.2. The van der Waals surface area contributed by atoms with Gasteiger partial charge in [-0.2, -0.15) is 13.2 Å². The number of hydrogen-bond donors (Lipinski definition) is 0. The van der Waals surface area contributed by atoms with E-state index in [0.717, 1.165) is 6.07 Å². The standard InChI is InChI=1S/C21H29F3O5/c1-13(2)16-11-18(29-20(16)25)14(3)28-12-15-6-7-17(21(22,23)24)19(10-15)27-9-5-8-26-4/h6-7,10,13-14,16,18H,5,8-9,11-12H2,1-4H3/t14-,16+,18?/m1/s1. The Bertz CT molecular complexity index is 675. The van der Waals surface area contributed by atoms with Crippen molar-refractivity contribution in [3.05, 3.63) is 29.3 Å². The first-order valence-electron chi connectivity index (χ1n) is 9.77. The lowest BCUT2D eigenvalue weighted by Gasteiger charge is -2.20. The van der Waals surface area contributed by atoms with Crippen molar-refractivity contribution in [3.8, 4) is 5.75 Å². The van der Waals surface area contributed by atoms with Crippen LogP contribution in [-0.2, 0) is 31.8 Å². The van der Waals surface area contributed by atoms with Gasteiger partial charge in [-0.05, 0) is 30.5 Å². The molecule has 29 heavy (non-hydrogen) atoms. The maximum Gasteiger partial charge on any atom is 0.419 e. The van der Waals surface area contributed by atoms with Crippen molar-refractivity contribution < 1.29 is 36.9 Å². The zero-order valence-corrected chi connectivity index (χ0v) is 17.3. The molecule has 2 rings (SSSR count). The minimum atomic E-state index is -4.51. The summed E-state index contributed by atoms with van der Waals surface area (Å²) in [6.45, 7) is 6.35. The average molecular weight is 418 g/mol. The number of hydrogen-bond acceptors (Lipinski definition) is 5. The molecule has 0 aliphatic carbocycles. The molecule has 5 nitrogen and oxygen atoms in total. The van der Waals surface area contributed by atoms with Gasteiger partial charge in [-0.15, -0.1) is 0 Å². The van der Waals surface area contributed by atoms with Crippen molar-refractivity contribution in [3.63, 3.8) is 0 Å². The molecule has 0 bridgehead atoms. The molecule has 0 saturated carbocycles. The van der Waals surface area contributed by atoms with Crippen LogP contribution in [0, 0.1) is 11.8 Å². The number of benzene rings is 1. The number of halogens is 3. The third-order valence-electron chi connectivity index (χ3n) is 5.00. The van der Waals surface area contributed by atoms with Crippen LogP contribution in [0.3, 0.4) is 0 Å². The van der Waals surface area contributed by atoms with E-state index < -0.39 is 11.7 Å². The molecule has 1 saturated heterocycles. The summed E-state index contributed by atoms with van der Waals surface area (Å²) in [4.78, 5) is 11.9. The fourth-order valence-corrected chi connectivity index (χ4v) is 3.19. The van der Waals surface area contributed by atoms with Crippen molar-refractivity contribution >= 4 is 5.97 Å². The lowest BCUT2D eigenvalue weighted by Crippen LogP contribution is -2.25. The van der Waals surface area contributed by atoms with Crippen LogP contribution in [0.15, 0.2) is 18.2 Å². The Morgan fingerprint density at radius 2 is 1.93 bits per heavy atom. The molecular formula is C21H29F3O5. The summed E-state index contributed by atoms with van der Waals surface area (Å²) in [5.74, 6) is -0.409. The van der Waals surface area contributed by atoms with Gasteiger partial charge < -0.3 is 18.9 Å². The highest BCUT2D eigenvalue weighted by molar-refractivity contribution is 5.75. The van der Waals surface area contributed by atoms with E-state index in [9.17, 15) is 18.0 Å². The molecule has 1 aromatic carbocycles. The van der Waals surface area contributed by atoms with Crippen LogP contribution in [0.2, 0.25) is 0 Å².